The Morgan fingerprint density at radius 1 is 1.08 bits per heavy atom. The van der Waals surface area contributed by atoms with E-state index in [9.17, 15) is 0 Å². The predicted octanol–water partition coefficient (Wildman–Crippen LogP) is 6.36. The molecule has 2 aromatic rings. The Bertz CT molecular complexity index is 694. The smallest absolute Gasteiger partial charge is 0.175 e. The highest BCUT2D eigenvalue weighted by Crippen LogP contribution is 2.37. The summed E-state index contributed by atoms with van der Waals surface area (Å²) in [6, 6.07) is 11.8. The predicted molar refractivity (Wildman–Crippen MR) is 112 cm³/mol. The van der Waals surface area contributed by atoms with Gasteiger partial charge in [-0.1, -0.05) is 49.6 Å². The van der Waals surface area contributed by atoms with E-state index >= 15 is 0 Å². The molecule has 0 radical (unpaired) electrons. The molecule has 0 amide bonds. The summed E-state index contributed by atoms with van der Waals surface area (Å²) in [6.45, 7) is 7.01. The fourth-order valence-electron chi connectivity index (χ4n) is 2.62. The lowest BCUT2D eigenvalue weighted by Gasteiger charge is -2.16. The third-order valence-electron chi connectivity index (χ3n) is 3.99. The lowest BCUT2D eigenvalue weighted by atomic mass is 10.2. The summed E-state index contributed by atoms with van der Waals surface area (Å²) < 4.78 is 12.7. The molecule has 2 rings (SSSR count). The number of benzene rings is 2. The van der Waals surface area contributed by atoms with Gasteiger partial charge < -0.3 is 14.8 Å². The van der Waals surface area contributed by atoms with Crippen LogP contribution in [0, 0.1) is 0 Å². The molecule has 0 aromatic heterocycles. The monoisotopic (exact) mass is 439 g/mol. The second-order valence-electron chi connectivity index (χ2n) is 6.10. The Kier molecular flexibility index (Phi) is 9.30. The van der Waals surface area contributed by atoms with E-state index in [1.807, 2.05) is 37.3 Å². The molecule has 0 aliphatic rings. The van der Waals surface area contributed by atoms with Gasteiger partial charge in [0.2, 0.25) is 0 Å². The highest BCUT2D eigenvalue weighted by atomic mass is 79.9. The van der Waals surface area contributed by atoms with E-state index in [2.05, 4.69) is 34.2 Å². The van der Waals surface area contributed by atoms with Crippen LogP contribution >= 0.6 is 27.5 Å². The van der Waals surface area contributed by atoms with E-state index in [0.717, 1.165) is 28.9 Å². The van der Waals surface area contributed by atoms with Gasteiger partial charge in [0, 0.05) is 17.1 Å². The van der Waals surface area contributed by atoms with Crippen molar-refractivity contribution in [3.63, 3.8) is 0 Å². The Labute approximate surface area is 170 Å². The first-order valence-electron chi connectivity index (χ1n) is 9.17. The minimum atomic E-state index is 0.396. The minimum Gasteiger partial charge on any atom is -0.490 e. The summed E-state index contributed by atoms with van der Waals surface area (Å²) in [6.07, 6.45) is 3.70. The minimum absolute atomic E-state index is 0.396. The molecular weight excluding hydrogens is 414 g/mol. The first-order chi connectivity index (χ1) is 12.7. The molecule has 0 bridgehead atoms. The van der Waals surface area contributed by atoms with Crippen LogP contribution in [0.15, 0.2) is 40.9 Å². The zero-order chi connectivity index (χ0) is 18.8. The number of ether oxygens (including phenoxy) is 2. The fraction of sp³-hybridized carbons (Fsp3) is 0.429. The highest BCUT2D eigenvalue weighted by molar-refractivity contribution is 9.10. The van der Waals surface area contributed by atoms with Gasteiger partial charge in [-0.2, -0.15) is 0 Å². The fourth-order valence-corrected chi connectivity index (χ4v) is 3.42. The summed E-state index contributed by atoms with van der Waals surface area (Å²) in [5.74, 6) is 1.46. The molecule has 0 unspecified atom stereocenters. The molecule has 0 aliphatic heterocycles. The average Bonchev–Trinajstić information content (AvgIpc) is 2.62. The Morgan fingerprint density at radius 2 is 1.88 bits per heavy atom. The van der Waals surface area contributed by atoms with Crippen LogP contribution in [0.5, 0.6) is 11.5 Å². The molecule has 5 heteroatoms. The maximum absolute atomic E-state index is 6.22. The van der Waals surface area contributed by atoms with Gasteiger partial charge in [-0.15, -0.1) is 0 Å². The molecule has 0 saturated heterocycles. The van der Waals surface area contributed by atoms with E-state index in [1.54, 1.807) is 0 Å². The van der Waals surface area contributed by atoms with Gasteiger partial charge >= 0.3 is 0 Å². The lowest BCUT2D eigenvalue weighted by molar-refractivity contribution is 0.267. The van der Waals surface area contributed by atoms with Crippen LogP contribution in [0.2, 0.25) is 5.02 Å². The molecule has 0 spiro atoms. The van der Waals surface area contributed by atoms with Gasteiger partial charge in [-0.05, 0) is 59.6 Å². The summed E-state index contributed by atoms with van der Waals surface area (Å²) in [4.78, 5) is 0. The molecule has 3 nitrogen and oxygen atoms in total. The number of halogens is 2. The van der Waals surface area contributed by atoms with Gasteiger partial charge in [-0.3, -0.25) is 0 Å². The zero-order valence-corrected chi connectivity index (χ0v) is 17.8. The van der Waals surface area contributed by atoms with Gasteiger partial charge in [-0.25, -0.2) is 0 Å². The van der Waals surface area contributed by atoms with Crippen LogP contribution in [-0.2, 0) is 13.2 Å². The van der Waals surface area contributed by atoms with Crippen LogP contribution in [-0.4, -0.2) is 13.2 Å². The Balaban J connectivity index is 2.06. The van der Waals surface area contributed by atoms with Gasteiger partial charge in [0.15, 0.2) is 11.5 Å². The molecule has 0 fully saturated rings. The van der Waals surface area contributed by atoms with E-state index in [-0.39, 0.29) is 0 Å². The molecule has 2 aromatic carbocycles. The van der Waals surface area contributed by atoms with Crippen LogP contribution in [0.25, 0.3) is 0 Å². The standard InChI is InChI=1S/C21H27BrClNO2/c1-3-5-8-11-24-14-16-12-18(22)21(20(13-16)25-4-2)26-15-17-9-6-7-10-19(17)23/h6-7,9-10,12-13,24H,3-5,8,11,14-15H2,1-2H3. The first-order valence-corrected chi connectivity index (χ1v) is 10.3. The molecule has 26 heavy (non-hydrogen) atoms. The molecule has 0 atom stereocenters. The number of hydrogen-bond donors (Lipinski definition) is 1. The number of nitrogens with one attached hydrogen (secondary N) is 1. The summed E-state index contributed by atoms with van der Waals surface area (Å²) in [7, 11) is 0. The highest BCUT2D eigenvalue weighted by Gasteiger charge is 2.13. The van der Waals surface area contributed by atoms with Crippen molar-refractivity contribution in [2.45, 2.75) is 46.3 Å². The Morgan fingerprint density at radius 3 is 2.62 bits per heavy atom. The van der Waals surface area contributed by atoms with E-state index in [1.165, 1.54) is 24.8 Å². The topological polar surface area (TPSA) is 30.5 Å². The summed E-state index contributed by atoms with van der Waals surface area (Å²) >= 11 is 9.85. The molecule has 1 N–H and O–H groups in total. The van der Waals surface area contributed by atoms with Crippen molar-refractivity contribution in [1.29, 1.82) is 0 Å². The van der Waals surface area contributed by atoms with Crippen molar-refractivity contribution in [3.8, 4) is 11.5 Å². The Hall–Kier alpha value is -1.23. The maximum Gasteiger partial charge on any atom is 0.175 e. The average molecular weight is 441 g/mol. The molecular formula is C21H27BrClNO2. The van der Waals surface area contributed by atoms with Crippen molar-refractivity contribution >= 4 is 27.5 Å². The van der Waals surface area contributed by atoms with Crippen molar-refractivity contribution < 1.29 is 9.47 Å². The van der Waals surface area contributed by atoms with Crippen LogP contribution in [0.3, 0.4) is 0 Å². The zero-order valence-electron chi connectivity index (χ0n) is 15.5. The van der Waals surface area contributed by atoms with Gasteiger partial charge in [0.1, 0.15) is 6.61 Å². The first kappa shape index (κ1) is 21.1. The molecule has 0 aliphatic carbocycles. The van der Waals surface area contributed by atoms with Gasteiger partial charge in [0.05, 0.1) is 11.1 Å². The second-order valence-corrected chi connectivity index (χ2v) is 7.36. The third kappa shape index (κ3) is 6.49. The van der Waals surface area contributed by atoms with E-state index in [0.29, 0.717) is 24.0 Å². The van der Waals surface area contributed by atoms with Gasteiger partial charge in [0.25, 0.3) is 0 Å². The maximum atomic E-state index is 6.22. The van der Waals surface area contributed by atoms with E-state index < -0.39 is 0 Å². The quantitative estimate of drug-likeness (QED) is 0.412. The van der Waals surface area contributed by atoms with Crippen molar-refractivity contribution in [3.05, 3.63) is 57.0 Å². The van der Waals surface area contributed by atoms with Crippen LogP contribution in [0.4, 0.5) is 0 Å². The van der Waals surface area contributed by atoms with Crippen molar-refractivity contribution in [1.82, 2.24) is 5.32 Å². The summed E-state index contributed by atoms with van der Waals surface area (Å²) in [5, 5.41) is 4.19. The SMILES string of the molecule is CCCCCNCc1cc(Br)c(OCc2ccccc2Cl)c(OCC)c1. The number of unbranched alkanes of at least 4 members (excludes halogenated alkanes) is 2. The molecule has 142 valence electrons. The molecule has 0 saturated carbocycles. The molecule has 0 heterocycles. The van der Waals surface area contributed by atoms with E-state index in [4.69, 9.17) is 21.1 Å². The van der Waals surface area contributed by atoms with Crippen molar-refractivity contribution in [2.24, 2.45) is 0 Å². The van der Waals surface area contributed by atoms with Crippen LogP contribution < -0.4 is 14.8 Å². The number of rotatable bonds is 11. The van der Waals surface area contributed by atoms with Crippen molar-refractivity contribution in [2.75, 3.05) is 13.2 Å². The second kappa shape index (κ2) is 11.5. The lowest BCUT2D eigenvalue weighted by Crippen LogP contribution is -2.15. The largest absolute Gasteiger partial charge is 0.490 e. The normalized spacial score (nSPS) is 10.8. The van der Waals surface area contributed by atoms with Crippen LogP contribution in [0.1, 0.15) is 44.2 Å². The number of hydrogen-bond acceptors (Lipinski definition) is 3. The third-order valence-corrected chi connectivity index (χ3v) is 4.94. The summed E-state index contributed by atoms with van der Waals surface area (Å²) in [5.41, 5.74) is 2.12.